The zero-order chi connectivity index (χ0) is 13.1. The van der Waals surface area contributed by atoms with Crippen LogP contribution in [-0.2, 0) is 0 Å². The molecule has 2 unspecified atom stereocenters. The highest BCUT2D eigenvalue weighted by atomic mass is 35.5. The summed E-state index contributed by atoms with van der Waals surface area (Å²) in [6, 6.07) is 4.06. The fraction of sp³-hybridized carbons (Fsp3) is 0.615. The number of halogens is 1. The zero-order valence-corrected chi connectivity index (χ0v) is 12.5. The number of hydrogen-bond acceptors (Lipinski definition) is 4. The second-order valence-corrected chi connectivity index (χ2v) is 5.90. The minimum atomic E-state index is 0.274. The summed E-state index contributed by atoms with van der Waals surface area (Å²) >= 11 is 10.7. The smallest absolute Gasteiger partial charge is 0.0758 e. The first-order valence-corrected chi connectivity index (χ1v) is 7.25. The van der Waals surface area contributed by atoms with E-state index >= 15 is 0 Å². The number of pyridine rings is 1. The standard InChI is InChI=1S/C13H20ClN3S/c1-10(13-12(14)4-3-5-15-13)16-6-8-17(9-7-16)11(2)18/h3-5,10-11,18H,6-9H2,1-2H3. The van der Waals surface area contributed by atoms with Gasteiger partial charge in [0.05, 0.1) is 16.8 Å². The molecular weight excluding hydrogens is 266 g/mol. The molecule has 2 heterocycles. The maximum Gasteiger partial charge on any atom is 0.0758 e. The lowest BCUT2D eigenvalue weighted by Gasteiger charge is -2.39. The van der Waals surface area contributed by atoms with Crippen molar-refractivity contribution in [3.8, 4) is 0 Å². The molecular formula is C13H20ClN3S. The van der Waals surface area contributed by atoms with E-state index in [1.54, 1.807) is 0 Å². The van der Waals surface area contributed by atoms with E-state index in [-0.39, 0.29) is 6.04 Å². The molecule has 5 heteroatoms. The number of hydrogen-bond donors (Lipinski definition) is 1. The van der Waals surface area contributed by atoms with Crippen LogP contribution in [0, 0.1) is 0 Å². The fourth-order valence-electron chi connectivity index (χ4n) is 2.38. The molecule has 100 valence electrons. The van der Waals surface area contributed by atoms with Gasteiger partial charge in [0.2, 0.25) is 0 Å². The Morgan fingerprint density at radius 3 is 2.39 bits per heavy atom. The lowest BCUT2D eigenvalue weighted by molar-refractivity contribution is 0.0979. The van der Waals surface area contributed by atoms with Gasteiger partial charge < -0.3 is 0 Å². The van der Waals surface area contributed by atoms with Crippen LogP contribution >= 0.6 is 24.2 Å². The van der Waals surface area contributed by atoms with Gasteiger partial charge >= 0.3 is 0 Å². The van der Waals surface area contributed by atoms with Gasteiger partial charge in [-0.2, -0.15) is 12.6 Å². The van der Waals surface area contributed by atoms with Crippen LogP contribution in [0.5, 0.6) is 0 Å². The molecule has 2 rings (SSSR count). The van der Waals surface area contributed by atoms with Gasteiger partial charge in [0, 0.05) is 37.7 Å². The Labute approximate surface area is 120 Å². The van der Waals surface area contributed by atoms with Gasteiger partial charge in [0.15, 0.2) is 0 Å². The van der Waals surface area contributed by atoms with Crippen molar-refractivity contribution in [2.75, 3.05) is 26.2 Å². The summed E-state index contributed by atoms with van der Waals surface area (Å²) in [6.07, 6.45) is 1.81. The average molecular weight is 286 g/mol. The molecule has 1 aliphatic heterocycles. The predicted molar refractivity (Wildman–Crippen MR) is 79.3 cm³/mol. The van der Waals surface area contributed by atoms with E-state index < -0.39 is 0 Å². The first kappa shape index (κ1) is 14.1. The van der Waals surface area contributed by atoms with Crippen molar-refractivity contribution < 1.29 is 0 Å². The monoisotopic (exact) mass is 285 g/mol. The summed E-state index contributed by atoms with van der Waals surface area (Å²) in [5.74, 6) is 0. The van der Waals surface area contributed by atoms with Crippen molar-refractivity contribution in [2.45, 2.75) is 25.3 Å². The maximum atomic E-state index is 6.21. The molecule has 3 nitrogen and oxygen atoms in total. The summed E-state index contributed by atoms with van der Waals surface area (Å²) in [4.78, 5) is 9.22. The molecule has 1 aromatic heterocycles. The molecule has 1 fully saturated rings. The van der Waals surface area contributed by atoms with Crippen LogP contribution in [0.4, 0.5) is 0 Å². The first-order valence-electron chi connectivity index (χ1n) is 6.36. The first-order chi connectivity index (χ1) is 8.59. The van der Waals surface area contributed by atoms with Crippen LogP contribution in [-0.4, -0.2) is 46.3 Å². The minimum absolute atomic E-state index is 0.274. The Bertz CT molecular complexity index is 392. The van der Waals surface area contributed by atoms with E-state index in [0.29, 0.717) is 5.37 Å². The van der Waals surface area contributed by atoms with Crippen molar-refractivity contribution in [3.63, 3.8) is 0 Å². The van der Waals surface area contributed by atoms with Crippen LogP contribution in [0.1, 0.15) is 25.6 Å². The second-order valence-electron chi connectivity index (χ2n) is 4.75. The van der Waals surface area contributed by atoms with Crippen LogP contribution in [0.25, 0.3) is 0 Å². The van der Waals surface area contributed by atoms with E-state index in [1.165, 1.54) is 0 Å². The SMILES string of the molecule is CC(S)N1CCN(C(C)c2ncccc2Cl)CC1. The maximum absolute atomic E-state index is 6.21. The number of rotatable bonds is 3. The Hall–Kier alpha value is -0.290. The quantitative estimate of drug-likeness (QED) is 0.862. The molecule has 0 bridgehead atoms. The van der Waals surface area contributed by atoms with Crippen molar-refractivity contribution in [3.05, 3.63) is 29.0 Å². The molecule has 0 aromatic carbocycles. The number of piperazine rings is 1. The molecule has 1 aromatic rings. The Morgan fingerprint density at radius 2 is 1.83 bits per heavy atom. The third kappa shape index (κ3) is 3.18. The van der Waals surface area contributed by atoms with E-state index in [9.17, 15) is 0 Å². The summed E-state index contributed by atoms with van der Waals surface area (Å²) in [5, 5.41) is 1.09. The molecule has 1 saturated heterocycles. The fourth-order valence-corrected chi connectivity index (χ4v) is 2.89. The van der Waals surface area contributed by atoms with Crippen LogP contribution < -0.4 is 0 Å². The Balaban J connectivity index is 2.00. The molecule has 18 heavy (non-hydrogen) atoms. The van der Waals surface area contributed by atoms with Crippen molar-refractivity contribution in [2.24, 2.45) is 0 Å². The zero-order valence-electron chi connectivity index (χ0n) is 10.9. The highest BCUT2D eigenvalue weighted by Crippen LogP contribution is 2.26. The Morgan fingerprint density at radius 1 is 1.22 bits per heavy atom. The largest absolute Gasteiger partial charge is 0.292 e. The molecule has 0 saturated carbocycles. The van der Waals surface area contributed by atoms with E-state index in [1.807, 2.05) is 18.3 Å². The van der Waals surface area contributed by atoms with Gasteiger partial charge in [-0.3, -0.25) is 14.8 Å². The topological polar surface area (TPSA) is 19.4 Å². The van der Waals surface area contributed by atoms with Crippen LogP contribution in [0.15, 0.2) is 18.3 Å². The third-order valence-electron chi connectivity index (χ3n) is 3.61. The predicted octanol–water partition coefficient (Wildman–Crippen LogP) is 2.69. The summed E-state index contributed by atoms with van der Waals surface area (Å²) in [6.45, 7) is 8.49. The number of thiol groups is 1. The highest BCUT2D eigenvalue weighted by Gasteiger charge is 2.25. The van der Waals surface area contributed by atoms with Crippen LogP contribution in [0.3, 0.4) is 0 Å². The highest BCUT2D eigenvalue weighted by molar-refractivity contribution is 7.80. The van der Waals surface area contributed by atoms with Gasteiger partial charge in [-0.05, 0) is 26.0 Å². The van der Waals surface area contributed by atoms with Gasteiger partial charge in [-0.25, -0.2) is 0 Å². The minimum Gasteiger partial charge on any atom is -0.292 e. The Kier molecular flexibility index (Phi) is 4.90. The third-order valence-corrected chi connectivity index (χ3v) is 4.25. The lowest BCUT2D eigenvalue weighted by atomic mass is 10.1. The molecule has 0 radical (unpaired) electrons. The van der Waals surface area contributed by atoms with Crippen molar-refractivity contribution in [1.82, 2.24) is 14.8 Å². The summed E-state index contributed by atoms with van der Waals surface area (Å²) in [7, 11) is 0. The molecule has 0 N–H and O–H groups in total. The van der Waals surface area contributed by atoms with E-state index in [4.69, 9.17) is 11.6 Å². The summed E-state index contributed by atoms with van der Waals surface area (Å²) < 4.78 is 0. The number of aromatic nitrogens is 1. The number of nitrogens with zero attached hydrogens (tertiary/aromatic N) is 3. The molecule has 1 aliphatic rings. The van der Waals surface area contributed by atoms with E-state index in [0.717, 1.165) is 36.9 Å². The average Bonchev–Trinajstić information content (AvgIpc) is 2.38. The van der Waals surface area contributed by atoms with Gasteiger partial charge in [0.1, 0.15) is 0 Å². The normalized spacial score (nSPS) is 21.8. The molecule has 0 spiro atoms. The van der Waals surface area contributed by atoms with Gasteiger partial charge in [-0.1, -0.05) is 11.6 Å². The lowest BCUT2D eigenvalue weighted by Crippen LogP contribution is -2.49. The molecule has 0 aliphatic carbocycles. The summed E-state index contributed by atoms with van der Waals surface area (Å²) in [5.41, 5.74) is 0.978. The van der Waals surface area contributed by atoms with Crippen molar-refractivity contribution >= 4 is 24.2 Å². The van der Waals surface area contributed by atoms with Gasteiger partial charge in [-0.15, -0.1) is 0 Å². The van der Waals surface area contributed by atoms with E-state index in [2.05, 4.69) is 41.3 Å². The molecule has 0 amide bonds. The van der Waals surface area contributed by atoms with Gasteiger partial charge in [0.25, 0.3) is 0 Å². The molecule has 2 atom stereocenters. The second kappa shape index (κ2) is 6.24. The van der Waals surface area contributed by atoms with Crippen molar-refractivity contribution in [1.29, 1.82) is 0 Å². The van der Waals surface area contributed by atoms with Crippen LogP contribution in [0.2, 0.25) is 5.02 Å².